The van der Waals surface area contributed by atoms with Crippen LogP contribution in [0.2, 0.25) is 0 Å². The SMILES string of the molecule is CNc1nc(-c2ccc(F)c(C#N)c2)ccc1NCC1CC1. The lowest BCUT2D eigenvalue weighted by Crippen LogP contribution is -2.07. The van der Waals surface area contributed by atoms with Crippen LogP contribution in [-0.4, -0.2) is 18.6 Å². The molecule has 0 saturated heterocycles. The molecule has 0 bridgehead atoms. The van der Waals surface area contributed by atoms with E-state index in [0.717, 1.165) is 29.5 Å². The first-order chi connectivity index (χ1) is 10.7. The van der Waals surface area contributed by atoms with Crippen molar-refractivity contribution in [3.05, 3.63) is 41.7 Å². The molecule has 1 aromatic heterocycles. The summed E-state index contributed by atoms with van der Waals surface area (Å²) in [5.74, 6) is 1.02. The third kappa shape index (κ3) is 3.01. The summed E-state index contributed by atoms with van der Waals surface area (Å²) in [5.41, 5.74) is 2.42. The highest BCUT2D eigenvalue weighted by molar-refractivity contribution is 5.71. The Morgan fingerprint density at radius 3 is 2.82 bits per heavy atom. The van der Waals surface area contributed by atoms with Gasteiger partial charge in [-0.15, -0.1) is 0 Å². The molecule has 4 nitrogen and oxygen atoms in total. The van der Waals surface area contributed by atoms with E-state index in [9.17, 15) is 4.39 Å². The minimum absolute atomic E-state index is 0.0289. The highest BCUT2D eigenvalue weighted by Gasteiger charge is 2.21. The van der Waals surface area contributed by atoms with E-state index in [1.165, 1.54) is 25.0 Å². The Kier molecular flexibility index (Phi) is 3.92. The highest BCUT2D eigenvalue weighted by atomic mass is 19.1. The third-order valence-corrected chi connectivity index (χ3v) is 3.79. The standard InChI is InChI=1S/C17H17FN4/c1-20-17-16(21-10-11-2-3-11)7-6-15(22-17)12-4-5-14(18)13(8-12)9-19/h4-8,11,21H,2-3,10H2,1H3,(H,20,22). The molecule has 0 atom stereocenters. The summed E-state index contributed by atoms with van der Waals surface area (Å²) in [5, 5.41) is 15.4. The van der Waals surface area contributed by atoms with Gasteiger partial charge in [-0.25, -0.2) is 9.37 Å². The van der Waals surface area contributed by atoms with Crippen LogP contribution in [0.15, 0.2) is 30.3 Å². The summed E-state index contributed by atoms with van der Waals surface area (Å²) in [4.78, 5) is 4.56. The molecule has 1 saturated carbocycles. The van der Waals surface area contributed by atoms with Crippen LogP contribution in [0.25, 0.3) is 11.3 Å². The smallest absolute Gasteiger partial charge is 0.149 e. The second-order valence-corrected chi connectivity index (χ2v) is 5.47. The molecule has 3 rings (SSSR count). The first-order valence-electron chi connectivity index (χ1n) is 7.34. The molecule has 0 amide bonds. The molecule has 0 unspecified atom stereocenters. The third-order valence-electron chi connectivity index (χ3n) is 3.79. The van der Waals surface area contributed by atoms with Gasteiger partial charge in [-0.1, -0.05) is 0 Å². The number of benzene rings is 1. The summed E-state index contributed by atoms with van der Waals surface area (Å²) in [6.07, 6.45) is 2.58. The number of pyridine rings is 1. The van der Waals surface area contributed by atoms with Crippen LogP contribution in [0.1, 0.15) is 18.4 Å². The fourth-order valence-corrected chi connectivity index (χ4v) is 2.30. The zero-order chi connectivity index (χ0) is 15.5. The van der Waals surface area contributed by atoms with Crippen LogP contribution >= 0.6 is 0 Å². The van der Waals surface area contributed by atoms with Crippen LogP contribution in [-0.2, 0) is 0 Å². The maximum Gasteiger partial charge on any atom is 0.149 e. The molecule has 0 radical (unpaired) electrons. The highest BCUT2D eigenvalue weighted by Crippen LogP contribution is 2.31. The number of halogens is 1. The topological polar surface area (TPSA) is 60.7 Å². The summed E-state index contributed by atoms with van der Waals surface area (Å²) in [6, 6.07) is 10.2. The molecular formula is C17H17FN4. The van der Waals surface area contributed by atoms with E-state index >= 15 is 0 Å². The molecule has 1 aliphatic rings. The number of nitrogens with zero attached hydrogens (tertiary/aromatic N) is 2. The maximum atomic E-state index is 13.4. The van der Waals surface area contributed by atoms with Gasteiger partial charge in [-0.2, -0.15) is 5.26 Å². The van der Waals surface area contributed by atoms with Gasteiger partial charge in [0.2, 0.25) is 0 Å². The van der Waals surface area contributed by atoms with Crippen LogP contribution in [0.4, 0.5) is 15.9 Å². The van der Waals surface area contributed by atoms with Crippen LogP contribution < -0.4 is 10.6 Å². The Bertz CT molecular complexity index is 732. The second-order valence-electron chi connectivity index (χ2n) is 5.47. The van der Waals surface area contributed by atoms with Crippen molar-refractivity contribution in [1.29, 1.82) is 5.26 Å². The number of anilines is 2. The lowest BCUT2D eigenvalue weighted by molar-refractivity contribution is 0.624. The monoisotopic (exact) mass is 296 g/mol. The van der Waals surface area contributed by atoms with Gasteiger partial charge in [0.1, 0.15) is 17.7 Å². The van der Waals surface area contributed by atoms with Gasteiger partial charge < -0.3 is 10.6 Å². The molecule has 0 aliphatic heterocycles. The van der Waals surface area contributed by atoms with Crippen LogP contribution in [0.5, 0.6) is 0 Å². The van der Waals surface area contributed by atoms with Crippen molar-refractivity contribution in [3.63, 3.8) is 0 Å². The molecule has 112 valence electrons. The summed E-state index contributed by atoms with van der Waals surface area (Å²) in [7, 11) is 1.82. The largest absolute Gasteiger partial charge is 0.382 e. The van der Waals surface area contributed by atoms with Crippen molar-refractivity contribution >= 4 is 11.5 Å². The number of nitriles is 1. The van der Waals surface area contributed by atoms with E-state index in [1.54, 1.807) is 6.07 Å². The average Bonchev–Trinajstić information content (AvgIpc) is 3.37. The fourth-order valence-electron chi connectivity index (χ4n) is 2.30. The van der Waals surface area contributed by atoms with Crippen molar-refractivity contribution in [3.8, 4) is 17.3 Å². The molecule has 22 heavy (non-hydrogen) atoms. The van der Waals surface area contributed by atoms with E-state index in [1.807, 2.05) is 25.2 Å². The van der Waals surface area contributed by atoms with E-state index in [0.29, 0.717) is 5.69 Å². The van der Waals surface area contributed by atoms with E-state index < -0.39 is 5.82 Å². The molecule has 1 aliphatic carbocycles. The second kappa shape index (κ2) is 6.02. The fraction of sp³-hybridized carbons (Fsp3) is 0.294. The predicted molar refractivity (Wildman–Crippen MR) is 85.1 cm³/mol. The zero-order valence-electron chi connectivity index (χ0n) is 12.4. The van der Waals surface area contributed by atoms with E-state index in [4.69, 9.17) is 5.26 Å². The zero-order valence-corrected chi connectivity index (χ0v) is 12.4. The minimum atomic E-state index is -0.511. The predicted octanol–water partition coefficient (Wildman–Crippen LogP) is 3.62. The Hall–Kier alpha value is -2.61. The van der Waals surface area contributed by atoms with Gasteiger partial charge in [-0.05, 0) is 49.1 Å². The van der Waals surface area contributed by atoms with Gasteiger partial charge in [0, 0.05) is 19.2 Å². The number of rotatable bonds is 5. The normalized spacial score (nSPS) is 13.5. The van der Waals surface area contributed by atoms with Crippen LogP contribution in [0, 0.1) is 23.1 Å². The molecular weight excluding hydrogens is 279 g/mol. The number of aromatic nitrogens is 1. The number of nitrogens with one attached hydrogen (secondary N) is 2. The summed E-state index contributed by atoms with van der Waals surface area (Å²) >= 11 is 0. The van der Waals surface area contributed by atoms with Crippen molar-refractivity contribution in [1.82, 2.24) is 4.98 Å². The molecule has 5 heteroatoms. The van der Waals surface area contributed by atoms with Crippen molar-refractivity contribution in [2.75, 3.05) is 24.2 Å². The lowest BCUT2D eigenvalue weighted by atomic mass is 10.1. The quantitative estimate of drug-likeness (QED) is 0.884. The van der Waals surface area contributed by atoms with E-state index in [-0.39, 0.29) is 5.56 Å². The Morgan fingerprint density at radius 1 is 1.32 bits per heavy atom. The first-order valence-corrected chi connectivity index (χ1v) is 7.34. The van der Waals surface area contributed by atoms with Crippen molar-refractivity contribution < 1.29 is 4.39 Å². The molecule has 1 heterocycles. The van der Waals surface area contributed by atoms with E-state index in [2.05, 4.69) is 15.6 Å². The Labute approximate surface area is 129 Å². The summed E-state index contributed by atoms with van der Waals surface area (Å²) in [6.45, 7) is 0.963. The van der Waals surface area contributed by atoms with Crippen molar-refractivity contribution in [2.24, 2.45) is 5.92 Å². The average molecular weight is 296 g/mol. The number of hydrogen-bond acceptors (Lipinski definition) is 4. The van der Waals surface area contributed by atoms with Gasteiger partial charge in [0.15, 0.2) is 0 Å². The lowest BCUT2D eigenvalue weighted by Gasteiger charge is -2.12. The molecule has 0 spiro atoms. The Balaban J connectivity index is 1.89. The molecule has 2 aromatic rings. The number of hydrogen-bond donors (Lipinski definition) is 2. The maximum absolute atomic E-state index is 13.4. The molecule has 1 aromatic carbocycles. The van der Waals surface area contributed by atoms with Crippen molar-refractivity contribution in [2.45, 2.75) is 12.8 Å². The van der Waals surface area contributed by atoms with Gasteiger partial charge in [-0.3, -0.25) is 0 Å². The Morgan fingerprint density at radius 2 is 2.14 bits per heavy atom. The van der Waals surface area contributed by atoms with Gasteiger partial charge in [0.05, 0.1) is 16.9 Å². The van der Waals surface area contributed by atoms with Gasteiger partial charge in [0.25, 0.3) is 0 Å². The molecule has 1 fully saturated rings. The van der Waals surface area contributed by atoms with Crippen LogP contribution in [0.3, 0.4) is 0 Å². The summed E-state index contributed by atoms with van der Waals surface area (Å²) < 4.78 is 13.4. The minimum Gasteiger partial charge on any atom is -0.382 e. The van der Waals surface area contributed by atoms with Gasteiger partial charge >= 0.3 is 0 Å². The first kappa shape index (κ1) is 14.3. The molecule has 2 N–H and O–H groups in total.